The maximum Gasteiger partial charge on any atom is 0.104 e. The Labute approximate surface area is 193 Å². The lowest BCUT2D eigenvalue weighted by atomic mass is 10.4. The molecule has 1 fully saturated rings. The predicted molar refractivity (Wildman–Crippen MR) is 121 cm³/mol. The van der Waals surface area contributed by atoms with Crippen molar-refractivity contribution in [3.05, 3.63) is 12.7 Å². The van der Waals surface area contributed by atoms with E-state index in [1.54, 1.807) is 20.3 Å². The largest absolute Gasteiger partial charge is 0.378 e. The number of hydrogen-bond donors (Lipinski definition) is 0. The van der Waals surface area contributed by atoms with Crippen molar-refractivity contribution in [2.75, 3.05) is 127 Å². The molecule has 0 aromatic carbocycles. The Bertz CT molecular complexity index is 419. The van der Waals surface area contributed by atoms with Crippen molar-refractivity contribution in [2.45, 2.75) is 6.10 Å². The minimum absolute atomic E-state index is 0.152. The molecule has 1 unspecified atom stereocenters. The maximum absolute atomic E-state index is 6.04. The SMILES string of the molecule is C=CCOCC1COCCN(COC)CCOCCOCCOCCN(COC)CCO1. The summed E-state index contributed by atoms with van der Waals surface area (Å²) >= 11 is 0. The van der Waals surface area contributed by atoms with Gasteiger partial charge in [-0.05, 0) is 0 Å². The van der Waals surface area contributed by atoms with E-state index >= 15 is 0 Å². The number of ether oxygens (including phenoxy) is 8. The summed E-state index contributed by atoms with van der Waals surface area (Å²) in [5.74, 6) is 0. The Morgan fingerprint density at radius 3 is 1.78 bits per heavy atom. The molecule has 1 rings (SSSR count). The van der Waals surface area contributed by atoms with Crippen LogP contribution < -0.4 is 0 Å². The van der Waals surface area contributed by atoms with Crippen molar-refractivity contribution in [3.63, 3.8) is 0 Å². The third-order valence-electron chi connectivity index (χ3n) is 4.63. The van der Waals surface area contributed by atoms with Gasteiger partial charge in [-0.2, -0.15) is 0 Å². The van der Waals surface area contributed by atoms with Crippen LogP contribution in [0.4, 0.5) is 0 Å². The molecule has 0 aromatic rings. The molecule has 1 aliphatic rings. The van der Waals surface area contributed by atoms with Crippen LogP contribution in [0.1, 0.15) is 0 Å². The first kappa shape index (κ1) is 29.4. The van der Waals surface area contributed by atoms with Gasteiger partial charge in [-0.15, -0.1) is 6.58 Å². The second kappa shape index (κ2) is 22.1. The minimum Gasteiger partial charge on any atom is -0.378 e. The van der Waals surface area contributed by atoms with Crippen molar-refractivity contribution < 1.29 is 37.9 Å². The second-order valence-corrected chi connectivity index (χ2v) is 7.30. The standard InChI is InChI=1S/C22H44N2O8/c1-4-9-30-18-22-19-31-12-7-23(20-25-2)5-10-27-14-16-29-17-15-28-11-6-24(21-26-3)8-13-32-22/h4,22H,1,5-21H2,2-3H3. The highest BCUT2D eigenvalue weighted by Crippen LogP contribution is 2.00. The summed E-state index contributed by atoms with van der Waals surface area (Å²) in [5.41, 5.74) is 0. The topological polar surface area (TPSA) is 80.3 Å². The molecule has 0 amide bonds. The number of methoxy groups -OCH3 is 2. The van der Waals surface area contributed by atoms with E-state index in [9.17, 15) is 0 Å². The molecule has 10 heteroatoms. The summed E-state index contributed by atoms with van der Waals surface area (Å²) < 4.78 is 44.9. The van der Waals surface area contributed by atoms with Gasteiger partial charge in [-0.3, -0.25) is 9.80 Å². The normalized spacial score (nSPS) is 23.4. The van der Waals surface area contributed by atoms with Crippen LogP contribution in [-0.2, 0) is 37.9 Å². The first-order valence-electron chi connectivity index (χ1n) is 11.3. The average molecular weight is 465 g/mol. The van der Waals surface area contributed by atoms with Gasteiger partial charge in [-0.25, -0.2) is 0 Å². The van der Waals surface area contributed by atoms with E-state index in [2.05, 4.69) is 16.4 Å². The lowest BCUT2D eigenvalue weighted by molar-refractivity contribution is -0.0706. The summed E-state index contributed by atoms with van der Waals surface area (Å²) in [6, 6.07) is 0. The monoisotopic (exact) mass is 464 g/mol. The van der Waals surface area contributed by atoms with Crippen LogP contribution in [-0.4, -0.2) is 142 Å². The van der Waals surface area contributed by atoms with Gasteiger partial charge in [-0.1, -0.05) is 6.08 Å². The molecule has 0 radical (unpaired) electrons. The van der Waals surface area contributed by atoms with Gasteiger partial charge in [0.15, 0.2) is 0 Å². The van der Waals surface area contributed by atoms with E-state index in [0.717, 1.165) is 26.2 Å². The molecule has 1 aliphatic heterocycles. The van der Waals surface area contributed by atoms with Crippen molar-refractivity contribution in [1.82, 2.24) is 9.80 Å². The van der Waals surface area contributed by atoms with Gasteiger partial charge < -0.3 is 37.9 Å². The van der Waals surface area contributed by atoms with Gasteiger partial charge >= 0.3 is 0 Å². The van der Waals surface area contributed by atoms with Gasteiger partial charge in [0.25, 0.3) is 0 Å². The first-order chi connectivity index (χ1) is 15.8. The molecular weight excluding hydrogens is 420 g/mol. The van der Waals surface area contributed by atoms with E-state index in [1.165, 1.54) is 0 Å². The van der Waals surface area contributed by atoms with E-state index < -0.39 is 0 Å². The molecule has 10 nitrogen and oxygen atoms in total. The Hall–Kier alpha value is -0.660. The lowest BCUT2D eigenvalue weighted by Gasteiger charge is -2.24. The summed E-state index contributed by atoms with van der Waals surface area (Å²) in [7, 11) is 3.37. The molecule has 0 aliphatic carbocycles. The van der Waals surface area contributed by atoms with Crippen LogP contribution >= 0.6 is 0 Å². The number of nitrogens with zero attached hydrogens (tertiary/aromatic N) is 2. The molecule has 1 saturated heterocycles. The van der Waals surface area contributed by atoms with Gasteiger partial charge in [0.05, 0.1) is 86.1 Å². The zero-order valence-electron chi connectivity index (χ0n) is 20.0. The van der Waals surface area contributed by atoms with Crippen LogP contribution in [0.15, 0.2) is 12.7 Å². The van der Waals surface area contributed by atoms with E-state index in [1.807, 2.05) is 0 Å². The third-order valence-corrected chi connectivity index (χ3v) is 4.63. The van der Waals surface area contributed by atoms with E-state index in [4.69, 9.17) is 37.9 Å². The quantitative estimate of drug-likeness (QED) is 0.373. The molecular formula is C22H44N2O8. The molecule has 1 atom stereocenters. The predicted octanol–water partition coefficient (Wildman–Crippen LogP) is 0.466. The van der Waals surface area contributed by atoms with Gasteiger partial charge in [0.2, 0.25) is 0 Å². The number of hydrogen-bond acceptors (Lipinski definition) is 10. The summed E-state index contributed by atoms with van der Waals surface area (Å²) in [6.45, 7) is 13.7. The maximum atomic E-state index is 6.04. The lowest BCUT2D eigenvalue weighted by Crippen LogP contribution is -2.36. The van der Waals surface area contributed by atoms with E-state index in [0.29, 0.717) is 86.1 Å². The average Bonchev–Trinajstić information content (AvgIpc) is 2.79. The molecule has 0 saturated carbocycles. The fraction of sp³-hybridized carbons (Fsp3) is 0.909. The highest BCUT2D eigenvalue weighted by atomic mass is 16.6. The zero-order chi connectivity index (χ0) is 23.1. The van der Waals surface area contributed by atoms with Crippen LogP contribution in [0.25, 0.3) is 0 Å². The van der Waals surface area contributed by atoms with E-state index in [-0.39, 0.29) is 6.10 Å². The van der Waals surface area contributed by atoms with Gasteiger partial charge in [0, 0.05) is 40.4 Å². The fourth-order valence-corrected chi connectivity index (χ4v) is 2.96. The van der Waals surface area contributed by atoms with Gasteiger partial charge in [0.1, 0.15) is 6.10 Å². The van der Waals surface area contributed by atoms with Crippen LogP contribution in [0, 0.1) is 0 Å². The summed E-state index contributed by atoms with van der Waals surface area (Å²) in [6.07, 6.45) is 1.58. The molecule has 190 valence electrons. The Balaban J connectivity index is 2.54. The van der Waals surface area contributed by atoms with Crippen LogP contribution in [0.3, 0.4) is 0 Å². The van der Waals surface area contributed by atoms with Crippen molar-refractivity contribution in [1.29, 1.82) is 0 Å². The molecule has 0 aromatic heterocycles. The highest BCUT2D eigenvalue weighted by molar-refractivity contribution is 4.66. The molecule has 32 heavy (non-hydrogen) atoms. The Kier molecular flexibility index (Phi) is 20.3. The molecule has 0 bridgehead atoms. The van der Waals surface area contributed by atoms with Crippen molar-refractivity contribution in [3.8, 4) is 0 Å². The minimum atomic E-state index is -0.152. The Morgan fingerprint density at radius 2 is 1.25 bits per heavy atom. The van der Waals surface area contributed by atoms with Crippen LogP contribution in [0.5, 0.6) is 0 Å². The fourth-order valence-electron chi connectivity index (χ4n) is 2.96. The molecule has 1 heterocycles. The number of rotatable bonds is 8. The van der Waals surface area contributed by atoms with Crippen molar-refractivity contribution >= 4 is 0 Å². The first-order valence-corrected chi connectivity index (χ1v) is 11.3. The summed E-state index contributed by atoms with van der Waals surface area (Å²) in [4.78, 5) is 4.28. The summed E-state index contributed by atoms with van der Waals surface area (Å²) in [5, 5.41) is 0. The second-order valence-electron chi connectivity index (χ2n) is 7.30. The van der Waals surface area contributed by atoms with Crippen LogP contribution in [0.2, 0.25) is 0 Å². The van der Waals surface area contributed by atoms with Crippen molar-refractivity contribution in [2.24, 2.45) is 0 Å². The highest BCUT2D eigenvalue weighted by Gasteiger charge is 2.13. The zero-order valence-corrected chi connectivity index (χ0v) is 20.0. The molecule has 0 N–H and O–H groups in total. The Morgan fingerprint density at radius 1 is 0.750 bits per heavy atom. The molecule has 0 spiro atoms. The smallest absolute Gasteiger partial charge is 0.104 e. The third kappa shape index (κ3) is 16.9.